The number of anilines is 1. The molecule has 0 aromatic heterocycles. The fourth-order valence-corrected chi connectivity index (χ4v) is 3.03. The summed E-state index contributed by atoms with van der Waals surface area (Å²) < 4.78 is 6.10. The Labute approximate surface area is 143 Å². The summed E-state index contributed by atoms with van der Waals surface area (Å²) in [5.74, 6) is 0.107. The van der Waals surface area contributed by atoms with E-state index in [1.165, 1.54) is 4.90 Å². The summed E-state index contributed by atoms with van der Waals surface area (Å²) in [5, 5.41) is 0. The lowest BCUT2D eigenvalue weighted by Gasteiger charge is -2.15. The van der Waals surface area contributed by atoms with Gasteiger partial charge in [-0.25, -0.2) is 0 Å². The minimum absolute atomic E-state index is 0.136. The van der Waals surface area contributed by atoms with E-state index >= 15 is 0 Å². The highest BCUT2D eigenvalue weighted by atomic mass is 79.9. The molecule has 3 rings (SSSR count). The number of hydrogen-bond donors (Lipinski definition) is 0. The van der Waals surface area contributed by atoms with Crippen LogP contribution in [0.15, 0.2) is 53.0 Å². The predicted octanol–water partition coefficient (Wildman–Crippen LogP) is 3.58. The molecule has 0 bridgehead atoms. The average molecular weight is 374 g/mol. The van der Waals surface area contributed by atoms with Gasteiger partial charge in [0.2, 0.25) is 11.8 Å². The van der Waals surface area contributed by atoms with Crippen molar-refractivity contribution in [1.82, 2.24) is 0 Å². The molecular formula is C18H16BrNO3. The number of halogens is 1. The normalized spacial score (nSPS) is 17.7. The van der Waals surface area contributed by atoms with E-state index in [1.807, 2.05) is 24.3 Å². The molecule has 1 aliphatic rings. The molecule has 4 nitrogen and oxygen atoms in total. The van der Waals surface area contributed by atoms with Gasteiger partial charge in [-0.05, 0) is 48.4 Å². The van der Waals surface area contributed by atoms with Crippen LogP contribution in [0.1, 0.15) is 12.0 Å². The maximum atomic E-state index is 12.6. The van der Waals surface area contributed by atoms with Crippen molar-refractivity contribution in [3.05, 3.63) is 58.6 Å². The van der Waals surface area contributed by atoms with E-state index in [0.717, 1.165) is 10.0 Å². The number of hydrogen-bond acceptors (Lipinski definition) is 3. The van der Waals surface area contributed by atoms with Crippen molar-refractivity contribution in [3.63, 3.8) is 0 Å². The van der Waals surface area contributed by atoms with Gasteiger partial charge < -0.3 is 4.74 Å². The fourth-order valence-electron chi connectivity index (χ4n) is 2.76. The van der Waals surface area contributed by atoms with Gasteiger partial charge in [0.15, 0.2) is 0 Å². The Morgan fingerprint density at radius 2 is 1.74 bits per heavy atom. The Balaban J connectivity index is 1.77. The van der Waals surface area contributed by atoms with E-state index in [2.05, 4.69) is 15.9 Å². The van der Waals surface area contributed by atoms with Gasteiger partial charge in [-0.1, -0.05) is 28.1 Å². The third-order valence-electron chi connectivity index (χ3n) is 3.97. The summed E-state index contributed by atoms with van der Waals surface area (Å²) in [5.41, 5.74) is 1.65. The third kappa shape index (κ3) is 3.29. The van der Waals surface area contributed by atoms with Gasteiger partial charge in [0.1, 0.15) is 5.75 Å². The molecule has 23 heavy (non-hydrogen) atoms. The van der Waals surface area contributed by atoms with E-state index in [4.69, 9.17) is 4.74 Å². The number of amides is 2. The van der Waals surface area contributed by atoms with Crippen molar-refractivity contribution < 1.29 is 14.3 Å². The van der Waals surface area contributed by atoms with Crippen LogP contribution in [0.3, 0.4) is 0 Å². The molecular weight excluding hydrogens is 358 g/mol. The molecule has 2 aromatic carbocycles. The standard InChI is InChI=1S/C18H16BrNO3/c1-23-16-8-6-15(7-9-16)20-17(21)11-13(18(20)22)10-12-2-4-14(19)5-3-12/h2-9,13H,10-11H2,1H3/t13-/m1/s1. The predicted molar refractivity (Wildman–Crippen MR) is 91.4 cm³/mol. The van der Waals surface area contributed by atoms with Crippen molar-refractivity contribution in [1.29, 1.82) is 0 Å². The number of imide groups is 1. The van der Waals surface area contributed by atoms with E-state index < -0.39 is 0 Å². The second-order valence-corrected chi connectivity index (χ2v) is 6.41. The molecule has 1 aliphatic heterocycles. The summed E-state index contributed by atoms with van der Waals surface area (Å²) >= 11 is 3.39. The van der Waals surface area contributed by atoms with E-state index in [1.54, 1.807) is 31.4 Å². The van der Waals surface area contributed by atoms with Gasteiger partial charge in [-0.15, -0.1) is 0 Å². The SMILES string of the molecule is COc1ccc(N2C(=O)C[C@@H](Cc3ccc(Br)cc3)C2=O)cc1. The van der Waals surface area contributed by atoms with Crippen LogP contribution in [0, 0.1) is 5.92 Å². The van der Waals surface area contributed by atoms with Crippen molar-refractivity contribution in [2.75, 3.05) is 12.0 Å². The minimum Gasteiger partial charge on any atom is -0.497 e. The smallest absolute Gasteiger partial charge is 0.237 e. The molecule has 118 valence electrons. The molecule has 1 heterocycles. The van der Waals surface area contributed by atoms with Crippen LogP contribution in [0.25, 0.3) is 0 Å². The minimum atomic E-state index is -0.300. The molecule has 0 aliphatic carbocycles. The van der Waals surface area contributed by atoms with Crippen LogP contribution in [0.2, 0.25) is 0 Å². The van der Waals surface area contributed by atoms with E-state index in [0.29, 0.717) is 17.9 Å². The molecule has 0 unspecified atom stereocenters. The van der Waals surface area contributed by atoms with E-state index in [-0.39, 0.29) is 24.2 Å². The van der Waals surface area contributed by atoms with Gasteiger partial charge in [0, 0.05) is 10.9 Å². The van der Waals surface area contributed by atoms with Gasteiger partial charge in [-0.3, -0.25) is 14.5 Å². The Kier molecular flexibility index (Phi) is 4.48. The zero-order valence-corrected chi connectivity index (χ0v) is 14.2. The van der Waals surface area contributed by atoms with Gasteiger partial charge in [-0.2, -0.15) is 0 Å². The van der Waals surface area contributed by atoms with Crippen LogP contribution < -0.4 is 9.64 Å². The first-order valence-electron chi connectivity index (χ1n) is 7.34. The van der Waals surface area contributed by atoms with Crippen LogP contribution in [0.5, 0.6) is 5.75 Å². The molecule has 2 aromatic rings. The Morgan fingerprint density at radius 1 is 1.09 bits per heavy atom. The highest BCUT2D eigenvalue weighted by molar-refractivity contribution is 9.10. The summed E-state index contributed by atoms with van der Waals surface area (Å²) in [6.45, 7) is 0. The highest BCUT2D eigenvalue weighted by Crippen LogP contribution is 2.30. The molecule has 1 saturated heterocycles. The molecule has 0 N–H and O–H groups in total. The molecule has 5 heteroatoms. The average Bonchev–Trinajstić information content (AvgIpc) is 2.84. The maximum Gasteiger partial charge on any atom is 0.237 e. The molecule has 0 radical (unpaired) electrons. The van der Waals surface area contributed by atoms with Gasteiger partial charge in [0.05, 0.1) is 18.7 Å². The van der Waals surface area contributed by atoms with E-state index in [9.17, 15) is 9.59 Å². The second-order valence-electron chi connectivity index (χ2n) is 5.50. The van der Waals surface area contributed by atoms with Crippen molar-refractivity contribution in [2.45, 2.75) is 12.8 Å². The fraction of sp³-hybridized carbons (Fsp3) is 0.222. The topological polar surface area (TPSA) is 46.6 Å². The lowest BCUT2D eigenvalue weighted by molar-refractivity contribution is -0.122. The number of rotatable bonds is 4. The van der Waals surface area contributed by atoms with Crippen LogP contribution in [0.4, 0.5) is 5.69 Å². The largest absolute Gasteiger partial charge is 0.497 e. The second kappa shape index (κ2) is 6.54. The third-order valence-corrected chi connectivity index (χ3v) is 4.49. The van der Waals surface area contributed by atoms with Crippen LogP contribution in [-0.4, -0.2) is 18.9 Å². The number of nitrogens with zero attached hydrogens (tertiary/aromatic N) is 1. The Morgan fingerprint density at radius 3 is 2.35 bits per heavy atom. The van der Waals surface area contributed by atoms with Crippen molar-refractivity contribution >= 4 is 33.4 Å². The number of carbonyl (C=O) groups excluding carboxylic acids is 2. The van der Waals surface area contributed by atoms with Crippen LogP contribution in [-0.2, 0) is 16.0 Å². The van der Waals surface area contributed by atoms with Crippen molar-refractivity contribution in [3.8, 4) is 5.75 Å². The Bertz CT molecular complexity index is 725. The summed E-state index contributed by atoms with van der Waals surface area (Å²) in [6, 6.07) is 14.8. The number of benzene rings is 2. The summed E-state index contributed by atoms with van der Waals surface area (Å²) in [7, 11) is 1.58. The highest BCUT2D eigenvalue weighted by Gasteiger charge is 2.39. The van der Waals surface area contributed by atoms with Gasteiger partial charge >= 0.3 is 0 Å². The number of methoxy groups -OCH3 is 1. The summed E-state index contributed by atoms with van der Waals surface area (Å²) in [6.07, 6.45) is 0.825. The molecule has 0 spiro atoms. The van der Waals surface area contributed by atoms with Crippen LogP contribution >= 0.6 is 15.9 Å². The lowest BCUT2D eigenvalue weighted by Crippen LogP contribution is -2.30. The first kappa shape index (κ1) is 15.7. The lowest BCUT2D eigenvalue weighted by atomic mass is 9.98. The monoisotopic (exact) mass is 373 g/mol. The van der Waals surface area contributed by atoms with Crippen molar-refractivity contribution in [2.24, 2.45) is 5.92 Å². The number of ether oxygens (including phenoxy) is 1. The number of carbonyl (C=O) groups is 2. The quantitative estimate of drug-likeness (QED) is 0.769. The molecule has 1 fully saturated rings. The zero-order chi connectivity index (χ0) is 16.4. The zero-order valence-electron chi connectivity index (χ0n) is 12.7. The molecule has 0 saturated carbocycles. The first-order valence-corrected chi connectivity index (χ1v) is 8.13. The first-order chi connectivity index (χ1) is 11.1. The Hall–Kier alpha value is -2.14. The molecule has 1 atom stereocenters. The molecule has 2 amide bonds. The summed E-state index contributed by atoms with van der Waals surface area (Å²) in [4.78, 5) is 26.1. The maximum absolute atomic E-state index is 12.6. The van der Waals surface area contributed by atoms with Gasteiger partial charge in [0.25, 0.3) is 0 Å².